The summed E-state index contributed by atoms with van der Waals surface area (Å²) in [6.45, 7) is 5.46. The van der Waals surface area contributed by atoms with Crippen LogP contribution in [0.15, 0.2) is 43.1 Å². The normalized spacial score (nSPS) is 14.9. The number of carbonyl (C=O) groups excluding carboxylic acids is 1. The molecule has 0 aliphatic carbocycles. The van der Waals surface area contributed by atoms with Crippen molar-refractivity contribution in [2.75, 3.05) is 29.4 Å². The van der Waals surface area contributed by atoms with Crippen LogP contribution in [-0.4, -0.2) is 66.6 Å². The van der Waals surface area contributed by atoms with E-state index >= 15 is 0 Å². The Morgan fingerprint density at radius 2 is 1.88 bits per heavy atom. The van der Waals surface area contributed by atoms with Crippen LogP contribution < -0.4 is 15.5 Å². The van der Waals surface area contributed by atoms with Gasteiger partial charge in [-0.1, -0.05) is 24.7 Å². The number of benzene rings is 1. The highest BCUT2D eigenvalue weighted by molar-refractivity contribution is 7.23. The molecule has 5 aromatic rings. The van der Waals surface area contributed by atoms with Gasteiger partial charge in [-0.2, -0.15) is 0 Å². The van der Waals surface area contributed by atoms with Crippen LogP contribution >= 0.6 is 11.3 Å². The molecule has 4 aromatic heterocycles. The number of anilines is 2. The van der Waals surface area contributed by atoms with Crippen LogP contribution in [0.25, 0.3) is 43.6 Å². The van der Waals surface area contributed by atoms with Crippen LogP contribution in [0.3, 0.4) is 0 Å². The van der Waals surface area contributed by atoms with Crippen LogP contribution in [0.4, 0.5) is 15.9 Å². The minimum atomic E-state index is -0.713. The van der Waals surface area contributed by atoms with Gasteiger partial charge in [0.05, 0.1) is 21.3 Å². The lowest BCUT2D eigenvalue weighted by Crippen LogP contribution is -2.45. The number of urea groups is 1. The first-order chi connectivity index (χ1) is 20.3. The van der Waals surface area contributed by atoms with E-state index < -0.39 is 17.4 Å². The molecule has 12 nitrogen and oxygen atoms in total. The molecule has 0 saturated carbocycles. The fourth-order valence-electron chi connectivity index (χ4n) is 5.77. The maximum absolute atomic E-state index is 12.1. The van der Waals surface area contributed by atoms with E-state index in [1.54, 1.807) is 12.4 Å². The standard InChI is InChI=1S/C29H31N9O3S/c1-3-6-29(25(39)40)7-10-37(11-8-29)27-32-14-18(15-33-27)17-12-20(22-19-5-9-31-24(19)35-16-34-22)23-21(13-17)36-28(42-23)38(4-2)26(30)41/h5,9,12-16H,3-4,6-8,10-11H2,1-2H3,(H2,30,41)(H,39,40)(H,31,34,35). The molecule has 1 fully saturated rings. The predicted molar refractivity (Wildman–Crippen MR) is 163 cm³/mol. The van der Waals surface area contributed by atoms with Crippen molar-refractivity contribution in [3.8, 4) is 22.4 Å². The second kappa shape index (κ2) is 11.0. The summed E-state index contributed by atoms with van der Waals surface area (Å²) in [7, 11) is 0. The molecule has 1 aromatic carbocycles. The molecule has 1 aliphatic heterocycles. The largest absolute Gasteiger partial charge is 0.481 e. The third kappa shape index (κ3) is 4.79. The maximum atomic E-state index is 12.1. The van der Waals surface area contributed by atoms with Crippen molar-refractivity contribution in [1.29, 1.82) is 0 Å². The highest BCUT2D eigenvalue weighted by Crippen LogP contribution is 2.41. The van der Waals surface area contributed by atoms with Crippen LogP contribution in [0.1, 0.15) is 39.5 Å². The summed E-state index contributed by atoms with van der Waals surface area (Å²) >= 11 is 1.38. The van der Waals surface area contributed by atoms with Gasteiger partial charge >= 0.3 is 12.0 Å². The first kappa shape index (κ1) is 27.5. The molecule has 0 atom stereocenters. The zero-order valence-electron chi connectivity index (χ0n) is 23.4. The molecular formula is C29H31N9O3S. The lowest BCUT2D eigenvalue weighted by molar-refractivity contribution is -0.150. The molecule has 5 heterocycles. The third-order valence-corrected chi connectivity index (χ3v) is 9.19. The molecule has 0 radical (unpaired) electrons. The number of aromatic nitrogens is 6. The fourth-order valence-corrected chi connectivity index (χ4v) is 6.90. The second-order valence-electron chi connectivity index (χ2n) is 10.5. The first-order valence-electron chi connectivity index (χ1n) is 13.9. The van der Waals surface area contributed by atoms with Gasteiger partial charge in [-0.05, 0) is 49.9 Å². The van der Waals surface area contributed by atoms with Gasteiger partial charge < -0.3 is 20.7 Å². The van der Waals surface area contributed by atoms with Gasteiger partial charge in [0.25, 0.3) is 0 Å². The number of aliphatic carboxylic acids is 1. The van der Waals surface area contributed by atoms with Gasteiger partial charge in [-0.25, -0.2) is 29.7 Å². The number of nitrogens with one attached hydrogen (secondary N) is 1. The molecule has 0 spiro atoms. The molecule has 2 amide bonds. The molecule has 0 unspecified atom stereocenters. The minimum Gasteiger partial charge on any atom is -0.481 e. The number of hydrogen-bond acceptors (Lipinski definition) is 9. The summed E-state index contributed by atoms with van der Waals surface area (Å²) in [6, 6.07) is 5.35. The summed E-state index contributed by atoms with van der Waals surface area (Å²) in [5.74, 6) is -0.133. The zero-order chi connectivity index (χ0) is 29.4. The first-order valence-corrected chi connectivity index (χ1v) is 14.8. The Kier molecular flexibility index (Phi) is 7.19. The molecule has 1 saturated heterocycles. The molecule has 216 valence electrons. The van der Waals surface area contributed by atoms with Crippen LogP contribution in [0, 0.1) is 5.41 Å². The smallest absolute Gasteiger partial charge is 0.321 e. The quantitative estimate of drug-likeness (QED) is 0.225. The number of carboxylic acids is 1. The Balaban J connectivity index is 1.38. The van der Waals surface area contributed by atoms with Gasteiger partial charge in [0.2, 0.25) is 5.95 Å². The molecule has 1 aliphatic rings. The van der Waals surface area contributed by atoms with E-state index in [-0.39, 0.29) is 0 Å². The lowest BCUT2D eigenvalue weighted by Gasteiger charge is -2.38. The van der Waals surface area contributed by atoms with Crippen molar-refractivity contribution < 1.29 is 14.7 Å². The molecule has 0 bridgehead atoms. The summed E-state index contributed by atoms with van der Waals surface area (Å²) in [5, 5.41) is 11.2. The van der Waals surface area contributed by atoms with Gasteiger partial charge in [-0.15, -0.1) is 0 Å². The average molecular weight is 586 g/mol. The lowest BCUT2D eigenvalue weighted by atomic mass is 9.75. The van der Waals surface area contributed by atoms with Gasteiger partial charge in [0.15, 0.2) is 5.13 Å². The van der Waals surface area contributed by atoms with E-state index in [9.17, 15) is 14.7 Å². The number of carboxylic acid groups (broad SMARTS) is 1. The van der Waals surface area contributed by atoms with Crippen molar-refractivity contribution >= 4 is 55.7 Å². The highest BCUT2D eigenvalue weighted by atomic mass is 32.1. The predicted octanol–water partition coefficient (Wildman–Crippen LogP) is 5.07. The summed E-state index contributed by atoms with van der Waals surface area (Å²) in [6.07, 6.45) is 9.55. The Morgan fingerprint density at radius 3 is 2.55 bits per heavy atom. The van der Waals surface area contributed by atoms with E-state index in [1.165, 1.54) is 22.6 Å². The number of thiazole rings is 1. The van der Waals surface area contributed by atoms with E-state index in [2.05, 4.69) is 29.8 Å². The Hall–Kier alpha value is -4.65. The number of fused-ring (bicyclic) bond motifs is 2. The topological polar surface area (TPSA) is 167 Å². The summed E-state index contributed by atoms with van der Waals surface area (Å²) in [5.41, 5.74) is 9.60. The van der Waals surface area contributed by atoms with Crippen molar-refractivity contribution in [2.45, 2.75) is 39.5 Å². The number of primary amides is 1. The van der Waals surface area contributed by atoms with Crippen LogP contribution in [0.5, 0.6) is 0 Å². The Morgan fingerprint density at radius 1 is 1.12 bits per heavy atom. The molecule has 42 heavy (non-hydrogen) atoms. The average Bonchev–Trinajstić information content (AvgIpc) is 3.65. The zero-order valence-corrected chi connectivity index (χ0v) is 24.2. The molecule has 6 rings (SSSR count). The van der Waals surface area contributed by atoms with Gasteiger partial charge in [0.1, 0.15) is 12.0 Å². The number of hydrogen-bond donors (Lipinski definition) is 3. The second-order valence-corrected chi connectivity index (χ2v) is 11.5. The monoisotopic (exact) mass is 585 g/mol. The number of piperidine rings is 1. The number of aromatic amines is 1. The van der Waals surface area contributed by atoms with Crippen molar-refractivity contribution in [3.63, 3.8) is 0 Å². The van der Waals surface area contributed by atoms with E-state index in [0.717, 1.165) is 44.5 Å². The fraction of sp³-hybridized carbons (Fsp3) is 0.345. The molecule has 13 heteroatoms. The summed E-state index contributed by atoms with van der Waals surface area (Å²) in [4.78, 5) is 53.8. The van der Waals surface area contributed by atoms with E-state index in [4.69, 9.17) is 10.7 Å². The molecular weight excluding hydrogens is 554 g/mol. The number of H-pyrrole nitrogens is 1. The number of nitrogens with two attached hydrogens (primary N) is 1. The Bertz CT molecular complexity index is 1770. The SMILES string of the molecule is CCCC1(C(=O)O)CCN(c2ncc(-c3cc(-c4ncnc5[nH]ccc45)c4sc(N(CC)C(N)=O)nc4c3)cn2)CC1. The van der Waals surface area contributed by atoms with E-state index in [1.807, 2.05) is 38.2 Å². The summed E-state index contributed by atoms with van der Waals surface area (Å²) < 4.78 is 0.870. The van der Waals surface area contributed by atoms with Crippen LogP contribution in [-0.2, 0) is 4.79 Å². The number of amides is 2. The van der Waals surface area contributed by atoms with Crippen molar-refractivity contribution in [2.24, 2.45) is 11.1 Å². The number of carbonyl (C=O) groups is 2. The number of nitrogens with zero attached hydrogens (tertiary/aromatic N) is 7. The van der Waals surface area contributed by atoms with Gasteiger partial charge in [0, 0.05) is 54.7 Å². The van der Waals surface area contributed by atoms with Crippen molar-refractivity contribution in [3.05, 3.63) is 43.1 Å². The van der Waals surface area contributed by atoms with E-state index in [0.29, 0.717) is 55.5 Å². The van der Waals surface area contributed by atoms with Crippen LogP contribution in [0.2, 0.25) is 0 Å². The number of rotatable bonds is 8. The molecule has 4 N–H and O–H groups in total. The Labute approximate surface area is 245 Å². The van der Waals surface area contributed by atoms with Crippen molar-refractivity contribution in [1.82, 2.24) is 29.9 Å². The maximum Gasteiger partial charge on any atom is 0.321 e. The third-order valence-electron chi connectivity index (χ3n) is 8.06. The van der Waals surface area contributed by atoms with Gasteiger partial charge in [-0.3, -0.25) is 9.69 Å². The highest BCUT2D eigenvalue weighted by Gasteiger charge is 2.41. The minimum absolute atomic E-state index is 0.394.